The molecule has 0 saturated carbocycles. The van der Waals surface area contributed by atoms with Gasteiger partial charge >= 0.3 is 0 Å². The number of hydrogen-bond acceptors (Lipinski definition) is 3. The van der Waals surface area contributed by atoms with Crippen LogP contribution in [0.5, 0.6) is 11.5 Å². The summed E-state index contributed by atoms with van der Waals surface area (Å²) >= 11 is 0. The normalized spacial score (nSPS) is 21.9. The van der Waals surface area contributed by atoms with Gasteiger partial charge in [-0.25, -0.2) is 0 Å². The van der Waals surface area contributed by atoms with E-state index in [9.17, 15) is 5.11 Å². The smallest absolute Gasteiger partial charge is 0.123 e. The fraction of sp³-hybridized carbons (Fsp3) is 0.538. The third-order valence-corrected chi connectivity index (χ3v) is 2.93. The van der Waals surface area contributed by atoms with Crippen molar-refractivity contribution in [3.05, 3.63) is 24.3 Å². The molecule has 16 heavy (non-hydrogen) atoms. The highest BCUT2D eigenvalue weighted by Gasteiger charge is 2.17. The van der Waals surface area contributed by atoms with Gasteiger partial charge in [0.2, 0.25) is 0 Å². The monoisotopic (exact) mass is 221 g/mol. The summed E-state index contributed by atoms with van der Waals surface area (Å²) in [5.41, 5.74) is 0. The van der Waals surface area contributed by atoms with Crippen molar-refractivity contribution in [2.45, 2.75) is 38.3 Å². The maximum absolute atomic E-state index is 9.32. The van der Waals surface area contributed by atoms with E-state index in [2.05, 4.69) is 12.2 Å². The largest absolute Gasteiger partial charge is 0.508 e. The van der Waals surface area contributed by atoms with Gasteiger partial charge in [0.1, 0.15) is 11.5 Å². The van der Waals surface area contributed by atoms with Crippen molar-refractivity contribution in [3.63, 3.8) is 0 Å². The van der Waals surface area contributed by atoms with Gasteiger partial charge in [-0.1, -0.05) is 6.07 Å². The molecule has 1 aliphatic rings. The lowest BCUT2D eigenvalue weighted by Crippen LogP contribution is -2.28. The van der Waals surface area contributed by atoms with Crippen molar-refractivity contribution in [1.82, 2.24) is 5.32 Å². The maximum atomic E-state index is 9.32. The van der Waals surface area contributed by atoms with E-state index in [0.717, 1.165) is 18.7 Å². The number of ether oxygens (including phenoxy) is 1. The SMILES string of the molecule is CC(CC1CCCN1)Oc1cccc(O)c1. The van der Waals surface area contributed by atoms with Gasteiger partial charge in [-0.15, -0.1) is 0 Å². The summed E-state index contributed by atoms with van der Waals surface area (Å²) < 4.78 is 5.76. The molecule has 3 nitrogen and oxygen atoms in total. The minimum atomic E-state index is 0.178. The van der Waals surface area contributed by atoms with Crippen molar-refractivity contribution < 1.29 is 9.84 Å². The molecule has 3 heteroatoms. The van der Waals surface area contributed by atoms with E-state index in [1.54, 1.807) is 18.2 Å². The van der Waals surface area contributed by atoms with Crippen molar-refractivity contribution >= 4 is 0 Å². The lowest BCUT2D eigenvalue weighted by Gasteiger charge is -2.18. The van der Waals surface area contributed by atoms with Crippen LogP contribution in [-0.4, -0.2) is 23.8 Å². The fourth-order valence-electron chi connectivity index (χ4n) is 2.20. The maximum Gasteiger partial charge on any atom is 0.123 e. The lowest BCUT2D eigenvalue weighted by atomic mass is 10.1. The molecule has 2 N–H and O–H groups in total. The summed E-state index contributed by atoms with van der Waals surface area (Å²) in [6, 6.07) is 7.56. The predicted octanol–water partition coefficient (Wildman–Crippen LogP) is 2.30. The van der Waals surface area contributed by atoms with Crippen molar-refractivity contribution in [3.8, 4) is 11.5 Å². The third kappa shape index (κ3) is 3.14. The highest BCUT2D eigenvalue weighted by atomic mass is 16.5. The summed E-state index contributed by atoms with van der Waals surface area (Å²) in [4.78, 5) is 0. The first kappa shape index (κ1) is 11.3. The van der Waals surface area contributed by atoms with Crippen LogP contribution in [0.25, 0.3) is 0 Å². The first-order valence-electron chi connectivity index (χ1n) is 5.93. The molecule has 0 aliphatic carbocycles. The molecular weight excluding hydrogens is 202 g/mol. The molecule has 0 spiro atoms. The molecule has 1 aliphatic heterocycles. The van der Waals surface area contributed by atoms with Crippen molar-refractivity contribution in [1.29, 1.82) is 0 Å². The first-order chi connectivity index (χ1) is 7.74. The van der Waals surface area contributed by atoms with Gasteiger partial charge in [-0.3, -0.25) is 0 Å². The Balaban J connectivity index is 1.84. The molecule has 2 atom stereocenters. The van der Waals surface area contributed by atoms with Crippen LogP contribution in [-0.2, 0) is 0 Å². The van der Waals surface area contributed by atoms with Crippen LogP contribution in [0.1, 0.15) is 26.2 Å². The Labute approximate surface area is 96.4 Å². The van der Waals surface area contributed by atoms with E-state index in [0.29, 0.717) is 6.04 Å². The molecule has 1 fully saturated rings. The zero-order valence-electron chi connectivity index (χ0n) is 9.65. The second kappa shape index (κ2) is 5.21. The molecule has 0 bridgehead atoms. The van der Waals surface area contributed by atoms with Crippen LogP contribution in [0.4, 0.5) is 0 Å². The van der Waals surface area contributed by atoms with Gasteiger partial charge in [-0.2, -0.15) is 0 Å². The van der Waals surface area contributed by atoms with E-state index in [1.807, 2.05) is 6.07 Å². The Kier molecular flexibility index (Phi) is 3.67. The molecule has 0 amide bonds. The minimum Gasteiger partial charge on any atom is -0.508 e. The van der Waals surface area contributed by atoms with E-state index in [4.69, 9.17) is 4.74 Å². The molecule has 0 radical (unpaired) electrons. The Morgan fingerprint density at radius 2 is 2.44 bits per heavy atom. The second-order valence-corrected chi connectivity index (χ2v) is 4.45. The average Bonchev–Trinajstić information content (AvgIpc) is 2.70. The van der Waals surface area contributed by atoms with Crippen LogP contribution in [0.3, 0.4) is 0 Å². The van der Waals surface area contributed by atoms with Gasteiger partial charge in [0.05, 0.1) is 6.10 Å². The quantitative estimate of drug-likeness (QED) is 0.819. The number of benzene rings is 1. The Hall–Kier alpha value is -1.22. The molecule has 2 rings (SSSR count). The number of phenols is 1. The van der Waals surface area contributed by atoms with Gasteiger partial charge < -0.3 is 15.2 Å². The summed E-state index contributed by atoms with van der Waals surface area (Å²) in [5, 5.41) is 12.8. The number of phenolic OH excluding ortho intramolecular Hbond substituents is 1. The van der Waals surface area contributed by atoms with Crippen LogP contribution in [0.15, 0.2) is 24.3 Å². The minimum absolute atomic E-state index is 0.178. The lowest BCUT2D eigenvalue weighted by molar-refractivity contribution is 0.196. The van der Waals surface area contributed by atoms with Gasteiger partial charge in [-0.05, 0) is 44.9 Å². The summed E-state index contributed by atoms with van der Waals surface area (Å²) in [6.45, 7) is 3.20. The Bertz CT molecular complexity index is 334. The molecule has 1 saturated heterocycles. The van der Waals surface area contributed by atoms with Crippen molar-refractivity contribution in [2.75, 3.05) is 6.54 Å². The average molecular weight is 221 g/mol. The molecule has 88 valence electrons. The number of hydrogen-bond donors (Lipinski definition) is 2. The predicted molar refractivity (Wildman–Crippen MR) is 63.8 cm³/mol. The van der Waals surface area contributed by atoms with Gasteiger partial charge in [0, 0.05) is 12.1 Å². The first-order valence-corrected chi connectivity index (χ1v) is 5.93. The number of nitrogens with one attached hydrogen (secondary N) is 1. The zero-order chi connectivity index (χ0) is 11.4. The van der Waals surface area contributed by atoms with Gasteiger partial charge in [0.25, 0.3) is 0 Å². The molecule has 1 heterocycles. The van der Waals surface area contributed by atoms with E-state index >= 15 is 0 Å². The Morgan fingerprint density at radius 1 is 1.56 bits per heavy atom. The fourth-order valence-corrected chi connectivity index (χ4v) is 2.20. The number of aromatic hydroxyl groups is 1. The van der Waals surface area contributed by atoms with Gasteiger partial charge in [0.15, 0.2) is 0 Å². The third-order valence-electron chi connectivity index (χ3n) is 2.93. The molecule has 1 aromatic rings. The highest BCUT2D eigenvalue weighted by Crippen LogP contribution is 2.21. The van der Waals surface area contributed by atoms with E-state index in [-0.39, 0.29) is 11.9 Å². The molecule has 0 aromatic heterocycles. The molecule has 2 unspecified atom stereocenters. The van der Waals surface area contributed by atoms with Crippen LogP contribution >= 0.6 is 0 Å². The molecular formula is C13H19NO2. The highest BCUT2D eigenvalue weighted by molar-refractivity contribution is 5.31. The standard InChI is InChI=1S/C13H19NO2/c1-10(8-11-4-3-7-14-11)16-13-6-2-5-12(15)9-13/h2,5-6,9-11,14-15H,3-4,7-8H2,1H3. The topological polar surface area (TPSA) is 41.5 Å². The summed E-state index contributed by atoms with van der Waals surface area (Å²) in [6.07, 6.45) is 3.71. The van der Waals surface area contributed by atoms with Crippen LogP contribution < -0.4 is 10.1 Å². The summed E-state index contributed by atoms with van der Waals surface area (Å²) in [7, 11) is 0. The number of rotatable bonds is 4. The van der Waals surface area contributed by atoms with Crippen LogP contribution in [0, 0.1) is 0 Å². The van der Waals surface area contributed by atoms with E-state index in [1.165, 1.54) is 12.8 Å². The molecule has 1 aromatic carbocycles. The summed E-state index contributed by atoms with van der Waals surface area (Å²) in [5.74, 6) is 0.995. The van der Waals surface area contributed by atoms with Crippen LogP contribution in [0.2, 0.25) is 0 Å². The van der Waals surface area contributed by atoms with E-state index < -0.39 is 0 Å². The Morgan fingerprint density at radius 3 is 3.12 bits per heavy atom. The zero-order valence-corrected chi connectivity index (χ0v) is 9.65. The van der Waals surface area contributed by atoms with Crippen molar-refractivity contribution in [2.24, 2.45) is 0 Å². The second-order valence-electron chi connectivity index (χ2n) is 4.45.